The van der Waals surface area contributed by atoms with Crippen molar-refractivity contribution in [3.8, 4) is 0 Å². The first-order valence-electron chi connectivity index (χ1n) is 11.0. The molecule has 1 aromatic heterocycles. The van der Waals surface area contributed by atoms with E-state index in [-0.39, 0.29) is 30.1 Å². The number of hydrogen-bond donors (Lipinski definition) is 2. The smallest absolute Gasteiger partial charge is 0.272 e. The number of carbonyl (C=O) groups excluding carboxylic acids is 2. The quantitative estimate of drug-likeness (QED) is 0.653. The van der Waals surface area contributed by atoms with Gasteiger partial charge in [-0.15, -0.1) is 0 Å². The van der Waals surface area contributed by atoms with Gasteiger partial charge in [-0.25, -0.2) is 9.97 Å². The third-order valence-corrected chi connectivity index (χ3v) is 6.08. The Morgan fingerprint density at radius 3 is 2.75 bits per heavy atom. The van der Waals surface area contributed by atoms with Gasteiger partial charge in [0.25, 0.3) is 5.91 Å². The van der Waals surface area contributed by atoms with Crippen LogP contribution in [-0.2, 0) is 17.8 Å². The fourth-order valence-electron chi connectivity index (χ4n) is 4.25. The number of aliphatic hydroxyl groups excluding tert-OH is 1. The highest BCUT2D eigenvalue weighted by Gasteiger charge is 2.29. The molecule has 32 heavy (non-hydrogen) atoms. The Balaban J connectivity index is 1.27. The Hall–Kier alpha value is -3.04. The van der Waals surface area contributed by atoms with E-state index in [0.717, 1.165) is 19.5 Å². The number of likely N-dealkylation sites (N-methyl/N-ethyl adjacent to an activating group) is 1. The standard InChI is InChI=1S/C23H30N6O3/c1-16(30)29-11-19(12-29)26-22-9-21(24-15-25-22)23(32)27(2)13-20(31)14-28-8-7-17-5-3-4-6-18(17)10-28/h3-6,9,15,19-20,31H,7-8,10-14H2,1-2H3,(H,24,25,26)/t20-/m0/s1. The molecule has 170 valence electrons. The Morgan fingerprint density at radius 2 is 2.00 bits per heavy atom. The van der Waals surface area contributed by atoms with Crippen molar-refractivity contribution in [3.05, 3.63) is 53.5 Å². The van der Waals surface area contributed by atoms with Gasteiger partial charge in [-0.2, -0.15) is 0 Å². The molecule has 0 radical (unpaired) electrons. The van der Waals surface area contributed by atoms with E-state index >= 15 is 0 Å². The number of anilines is 1. The molecule has 9 nitrogen and oxygen atoms in total. The van der Waals surface area contributed by atoms with Gasteiger partial charge in [0.1, 0.15) is 17.8 Å². The molecule has 1 atom stereocenters. The number of β-amino-alcohol motifs (C(OH)–C–C–N with tert-alkyl or cyclic N) is 1. The number of amides is 2. The van der Waals surface area contributed by atoms with Crippen LogP contribution in [0.1, 0.15) is 28.5 Å². The van der Waals surface area contributed by atoms with Gasteiger partial charge in [0.15, 0.2) is 0 Å². The number of benzene rings is 1. The minimum Gasteiger partial charge on any atom is -0.390 e. The predicted octanol–water partition coefficient (Wildman–Crippen LogP) is 0.610. The van der Waals surface area contributed by atoms with E-state index in [1.807, 2.05) is 6.07 Å². The van der Waals surface area contributed by atoms with Gasteiger partial charge in [-0.1, -0.05) is 24.3 Å². The number of carbonyl (C=O) groups is 2. The third kappa shape index (κ3) is 5.23. The summed E-state index contributed by atoms with van der Waals surface area (Å²) in [5, 5.41) is 13.8. The zero-order valence-corrected chi connectivity index (χ0v) is 18.6. The molecule has 4 rings (SSSR count). The minimum atomic E-state index is -0.652. The molecule has 0 saturated carbocycles. The number of nitrogens with zero attached hydrogens (tertiary/aromatic N) is 5. The van der Waals surface area contributed by atoms with Crippen LogP contribution in [0.4, 0.5) is 5.82 Å². The average molecular weight is 439 g/mol. The van der Waals surface area contributed by atoms with Crippen LogP contribution >= 0.6 is 0 Å². The summed E-state index contributed by atoms with van der Waals surface area (Å²) in [5.41, 5.74) is 2.94. The number of hydrogen-bond acceptors (Lipinski definition) is 7. The molecule has 2 aliphatic rings. The van der Waals surface area contributed by atoms with Crippen molar-refractivity contribution < 1.29 is 14.7 Å². The molecule has 1 saturated heterocycles. The van der Waals surface area contributed by atoms with Crippen LogP contribution in [0.3, 0.4) is 0 Å². The summed E-state index contributed by atoms with van der Waals surface area (Å²) >= 11 is 0. The number of aliphatic hydroxyl groups is 1. The Morgan fingerprint density at radius 1 is 1.25 bits per heavy atom. The first-order chi connectivity index (χ1) is 15.4. The van der Waals surface area contributed by atoms with Crippen LogP contribution in [0, 0.1) is 0 Å². The molecular formula is C23H30N6O3. The highest BCUT2D eigenvalue weighted by atomic mass is 16.3. The zero-order chi connectivity index (χ0) is 22.7. The second-order valence-electron chi connectivity index (χ2n) is 8.65. The van der Waals surface area contributed by atoms with Gasteiger partial charge >= 0.3 is 0 Å². The average Bonchev–Trinajstić information content (AvgIpc) is 2.75. The van der Waals surface area contributed by atoms with Crippen LogP contribution in [-0.4, -0.2) is 93.5 Å². The number of fused-ring (bicyclic) bond motifs is 1. The fraction of sp³-hybridized carbons (Fsp3) is 0.478. The van der Waals surface area contributed by atoms with E-state index < -0.39 is 6.10 Å². The molecule has 2 amide bonds. The Kier molecular flexibility index (Phi) is 6.66. The summed E-state index contributed by atoms with van der Waals surface area (Å²) < 4.78 is 0. The topological polar surface area (TPSA) is 102 Å². The van der Waals surface area contributed by atoms with Gasteiger partial charge < -0.3 is 20.2 Å². The summed E-state index contributed by atoms with van der Waals surface area (Å²) in [6.45, 7) is 5.23. The lowest BCUT2D eigenvalue weighted by Crippen LogP contribution is -2.56. The lowest BCUT2D eigenvalue weighted by atomic mass is 10.00. The molecule has 0 spiro atoms. The van der Waals surface area contributed by atoms with Crippen molar-refractivity contribution in [1.82, 2.24) is 24.7 Å². The molecule has 0 aliphatic carbocycles. The van der Waals surface area contributed by atoms with E-state index in [2.05, 4.69) is 38.4 Å². The largest absolute Gasteiger partial charge is 0.390 e. The van der Waals surface area contributed by atoms with Crippen molar-refractivity contribution in [2.24, 2.45) is 0 Å². The highest BCUT2D eigenvalue weighted by molar-refractivity contribution is 5.92. The molecule has 3 heterocycles. The van der Waals surface area contributed by atoms with Crippen LogP contribution in [0.15, 0.2) is 36.7 Å². The summed E-state index contributed by atoms with van der Waals surface area (Å²) in [7, 11) is 1.67. The van der Waals surface area contributed by atoms with Gasteiger partial charge in [-0.3, -0.25) is 14.5 Å². The second-order valence-corrected chi connectivity index (χ2v) is 8.65. The Bertz CT molecular complexity index is 978. The van der Waals surface area contributed by atoms with Gasteiger partial charge in [0, 0.05) is 59.3 Å². The maximum atomic E-state index is 12.8. The molecule has 0 unspecified atom stereocenters. The Labute approximate surface area is 188 Å². The van der Waals surface area contributed by atoms with Crippen molar-refractivity contribution >= 4 is 17.6 Å². The van der Waals surface area contributed by atoms with Crippen LogP contribution < -0.4 is 5.32 Å². The highest BCUT2D eigenvalue weighted by Crippen LogP contribution is 2.19. The van der Waals surface area contributed by atoms with Gasteiger partial charge in [-0.05, 0) is 17.5 Å². The summed E-state index contributed by atoms with van der Waals surface area (Å²) in [5.74, 6) is 0.338. The lowest BCUT2D eigenvalue weighted by molar-refractivity contribution is -0.132. The molecule has 2 aliphatic heterocycles. The molecular weight excluding hydrogens is 408 g/mol. The van der Waals surface area contributed by atoms with Crippen LogP contribution in [0.2, 0.25) is 0 Å². The second kappa shape index (κ2) is 9.62. The molecule has 2 N–H and O–H groups in total. The van der Waals surface area contributed by atoms with E-state index in [0.29, 0.717) is 25.5 Å². The summed E-state index contributed by atoms with van der Waals surface area (Å²) in [6, 6.07) is 10.1. The first kappa shape index (κ1) is 22.2. The van der Waals surface area contributed by atoms with Crippen molar-refractivity contribution in [2.45, 2.75) is 32.0 Å². The normalized spacial score (nSPS) is 17.3. The fourth-order valence-corrected chi connectivity index (χ4v) is 4.25. The minimum absolute atomic E-state index is 0.0514. The van der Waals surface area contributed by atoms with Crippen molar-refractivity contribution in [1.29, 1.82) is 0 Å². The summed E-state index contributed by atoms with van der Waals surface area (Å²) in [6.07, 6.45) is 1.67. The van der Waals surface area contributed by atoms with E-state index in [1.54, 1.807) is 24.9 Å². The first-order valence-corrected chi connectivity index (χ1v) is 11.0. The van der Waals surface area contributed by atoms with Gasteiger partial charge in [0.05, 0.1) is 12.1 Å². The monoisotopic (exact) mass is 438 g/mol. The van der Waals surface area contributed by atoms with E-state index in [4.69, 9.17) is 0 Å². The van der Waals surface area contributed by atoms with Crippen molar-refractivity contribution in [2.75, 3.05) is 45.1 Å². The van der Waals surface area contributed by atoms with Crippen LogP contribution in [0.25, 0.3) is 0 Å². The third-order valence-electron chi connectivity index (χ3n) is 6.08. The number of likely N-dealkylation sites (tertiary alicyclic amines) is 1. The lowest BCUT2D eigenvalue weighted by Gasteiger charge is -2.39. The molecule has 0 bridgehead atoms. The molecule has 2 aromatic rings. The summed E-state index contributed by atoms with van der Waals surface area (Å²) in [4.78, 5) is 37.9. The molecule has 9 heteroatoms. The van der Waals surface area contributed by atoms with E-state index in [1.165, 1.54) is 22.4 Å². The van der Waals surface area contributed by atoms with Gasteiger partial charge in [0.2, 0.25) is 5.91 Å². The van der Waals surface area contributed by atoms with E-state index in [9.17, 15) is 14.7 Å². The zero-order valence-electron chi connectivity index (χ0n) is 18.6. The maximum absolute atomic E-state index is 12.8. The number of nitrogens with one attached hydrogen (secondary N) is 1. The maximum Gasteiger partial charge on any atom is 0.272 e. The SMILES string of the molecule is CC(=O)N1CC(Nc2cc(C(=O)N(C)C[C@H](O)CN3CCc4ccccc4C3)ncn2)C1. The predicted molar refractivity (Wildman–Crippen MR) is 120 cm³/mol. The number of aromatic nitrogens is 2. The number of rotatable bonds is 7. The molecule has 1 aromatic carbocycles. The molecule has 1 fully saturated rings. The van der Waals surface area contributed by atoms with Crippen molar-refractivity contribution in [3.63, 3.8) is 0 Å². The van der Waals surface area contributed by atoms with Crippen LogP contribution in [0.5, 0.6) is 0 Å².